The van der Waals surface area contributed by atoms with Gasteiger partial charge in [0.25, 0.3) is 5.69 Å². The van der Waals surface area contributed by atoms with Crippen molar-refractivity contribution in [1.29, 1.82) is 0 Å². The average molecular weight is 466 g/mol. The van der Waals surface area contributed by atoms with Crippen LogP contribution in [-0.4, -0.2) is 30.7 Å². The summed E-state index contributed by atoms with van der Waals surface area (Å²) in [6.07, 6.45) is 0.994. The number of benzene rings is 2. The van der Waals surface area contributed by atoms with Crippen LogP contribution in [0.25, 0.3) is 10.2 Å². The lowest BCUT2D eigenvalue weighted by Gasteiger charge is -2.10. The first kappa shape index (κ1) is 21.5. The fourth-order valence-electron chi connectivity index (χ4n) is 2.86. The third-order valence-electron chi connectivity index (χ3n) is 4.36. The maximum absolute atomic E-state index is 12.2. The molecule has 1 amide bonds. The number of hydrogen-bond donors (Lipinski definition) is 3. The van der Waals surface area contributed by atoms with E-state index >= 15 is 0 Å². The molecule has 0 atom stereocenters. The maximum Gasteiger partial charge on any atom is 0.355 e. The normalized spacial score (nSPS) is 10.5. The minimum Gasteiger partial charge on any atom is -0.310 e. The van der Waals surface area contributed by atoms with Gasteiger partial charge in [-0.2, -0.15) is 0 Å². The number of nitro groups is 2. The summed E-state index contributed by atoms with van der Waals surface area (Å²) in [5.41, 5.74) is 5.46. The van der Waals surface area contributed by atoms with E-state index in [0.29, 0.717) is 10.7 Å². The predicted octanol–water partition coefficient (Wildman–Crippen LogP) is 3.33. The van der Waals surface area contributed by atoms with Crippen molar-refractivity contribution in [2.75, 3.05) is 10.7 Å². The van der Waals surface area contributed by atoms with Crippen molar-refractivity contribution in [3.8, 4) is 0 Å². The molecule has 0 spiro atoms. The highest BCUT2D eigenvalue weighted by atomic mass is 32.1. The predicted molar refractivity (Wildman–Crippen MR) is 120 cm³/mol. The number of nitro benzene ring substituents is 1. The smallest absolute Gasteiger partial charge is 0.310 e. The van der Waals surface area contributed by atoms with E-state index in [4.69, 9.17) is 0 Å². The monoisotopic (exact) mass is 466 g/mol. The van der Waals surface area contributed by atoms with Crippen LogP contribution in [0.15, 0.2) is 54.9 Å². The van der Waals surface area contributed by atoms with Crippen LogP contribution in [0.5, 0.6) is 0 Å². The van der Waals surface area contributed by atoms with Crippen molar-refractivity contribution in [2.45, 2.75) is 6.42 Å². The number of hydrogen-bond acceptors (Lipinski definition) is 11. The molecule has 0 bridgehead atoms. The van der Waals surface area contributed by atoms with Gasteiger partial charge in [-0.25, -0.2) is 15.0 Å². The topological polar surface area (TPSA) is 178 Å². The van der Waals surface area contributed by atoms with Gasteiger partial charge in [-0.15, -0.1) is 0 Å². The summed E-state index contributed by atoms with van der Waals surface area (Å²) >= 11 is 1.30. The Balaban J connectivity index is 1.47. The Hall–Kier alpha value is -4.72. The number of nitrogens with one attached hydrogen (secondary N) is 3. The fourth-order valence-corrected chi connectivity index (χ4v) is 3.72. The van der Waals surface area contributed by atoms with Crippen LogP contribution in [-0.2, 0) is 11.2 Å². The highest BCUT2D eigenvalue weighted by Gasteiger charge is 2.24. The van der Waals surface area contributed by atoms with Crippen LogP contribution < -0.4 is 16.2 Å². The number of non-ortho nitro benzene ring substituents is 1. The number of anilines is 3. The minimum atomic E-state index is -0.680. The number of para-hydroxylation sites is 1. The molecule has 0 radical (unpaired) electrons. The third-order valence-corrected chi connectivity index (χ3v) is 5.31. The molecule has 0 unspecified atom stereocenters. The Labute approximate surface area is 188 Å². The second-order valence-electron chi connectivity index (χ2n) is 6.56. The highest BCUT2D eigenvalue weighted by molar-refractivity contribution is 7.22. The molecule has 0 fully saturated rings. The number of thiazole rings is 1. The standard InChI is InChI=1S/C19H14N8O5S/c28-15(9-11-5-7-12(8-6-11)26(29)30)24-25-18-16(27(31)32)17(20-10-21-18)23-19-22-13-3-1-2-4-14(13)33-19/h1-8,10H,9H2,(H,24,28)(H2,20,21,22,23,25). The van der Waals surface area contributed by atoms with Crippen molar-refractivity contribution >= 4 is 55.6 Å². The Bertz CT molecular complexity index is 1330. The van der Waals surface area contributed by atoms with Gasteiger partial charge >= 0.3 is 5.69 Å². The molecule has 166 valence electrons. The van der Waals surface area contributed by atoms with E-state index in [1.165, 1.54) is 35.6 Å². The molecule has 2 aromatic carbocycles. The molecule has 33 heavy (non-hydrogen) atoms. The number of carbonyl (C=O) groups is 1. The van der Waals surface area contributed by atoms with E-state index in [9.17, 15) is 25.0 Å². The van der Waals surface area contributed by atoms with Crippen molar-refractivity contribution in [2.24, 2.45) is 0 Å². The summed E-state index contributed by atoms with van der Waals surface area (Å²) in [4.78, 5) is 45.5. The van der Waals surface area contributed by atoms with Crippen molar-refractivity contribution in [3.05, 3.63) is 80.7 Å². The lowest BCUT2D eigenvalue weighted by Crippen LogP contribution is -2.31. The zero-order valence-corrected chi connectivity index (χ0v) is 17.4. The molecule has 0 aliphatic rings. The maximum atomic E-state index is 12.2. The summed E-state index contributed by atoms with van der Waals surface area (Å²) in [6.45, 7) is 0. The van der Waals surface area contributed by atoms with E-state index in [1.54, 1.807) is 0 Å². The van der Waals surface area contributed by atoms with Gasteiger partial charge in [0, 0.05) is 12.1 Å². The molecule has 0 aliphatic heterocycles. The minimum absolute atomic E-state index is 0.0953. The summed E-state index contributed by atoms with van der Waals surface area (Å²) in [6, 6.07) is 12.9. The van der Waals surface area contributed by atoms with Gasteiger partial charge in [-0.3, -0.25) is 35.9 Å². The molecule has 4 aromatic rings. The van der Waals surface area contributed by atoms with Gasteiger partial charge in [-0.05, 0) is 17.7 Å². The van der Waals surface area contributed by atoms with Gasteiger partial charge in [-0.1, -0.05) is 35.6 Å². The van der Waals surface area contributed by atoms with Gasteiger partial charge < -0.3 is 5.32 Å². The van der Waals surface area contributed by atoms with E-state index in [1.807, 2.05) is 24.3 Å². The molecule has 0 saturated heterocycles. The van der Waals surface area contributed by atoms with Crippen LogP contribution in [0, 0.1) is 20.2 Å². The molecule has 2 aromatic heterocycles. The number of fused-ring (bicyclic) bond motifs is 1. The number of rotatable bonds is 8. The number of amides is 1. The van der Waals surface area contributed by atoms with E-state index in [0.717, 1.165) is 16.5 Å². The third kappa shape index (κ3) is 4.96. The molecular weight excluding hydrogens is 452 g/mol. The van der Waals surface area contributed by atoms with Gasteiger partial charge in [0.15, 0.2) is 5.13 Å². The second kappa shape index (κ2) is 9.19. The summed E-state index contributed by atoms with van der Waals surface area (Å²) in [5.74, 6) is -0.853. The number of hydrazine groups is 1. The lowest BCUT2D eigenvalue weighted by atomic mass is 10.1. The Morgan fingerprint density at radius 3 is 2.39 bits per heavy atom. The zero-order valence-electron chi connectivity index (χ0n) is 16.6. The first-order valence-corrected chi connectivity index (χ1v) is 10.1. The van der Waals surface area contributed by atoms with Crippen molar-refractivity contribution in [3.63, 3.8) is 0 Å². The SMILES string of the molecule is O=C(Cc1ccc([N+](=O)[O-])cc1)NNc1ncnc(Nc2nc3ccccc3s2)c1[N+](=O)[O-]. The van der Waals surface area contributed by atoms with Crippen LogP contribution in [0.1, 0.15) is 5.56 Å². The fraction of sp³-hybridized carbons (Fsp3) is 0.0526. The van der Waals surface area contributed by atoms with Crippen LogP contribution >= 0.6 is 11.3 Å². The summed E-state index contributed by atoms with van der Waals surface area (Å²) < 4.78 is 0.897. The molecule has 2 heterocycles. The summed E-state index contributed by atoms with van der Waals surface area (Å²) in [7, 11) is 0. The van der Waals surface area contributed by atoms with Crippen molar-refractivity contribution in [1.82, 2.24) is 20.4 Å². The van der Waals surface area contributed by atoms with E-state index in [-0.39, 0.29) is 23.7 Å². The van der Waals surface area contributed by atoms with Crippen LogP contribution in [0.2, 0.25) is 0 Å². The first-order valence-electron chi connectivity index (χ1n) is 9.31. The zero-order chi connectivity index (χ0) is 23.4. The molecular formula is C19H14N8O5S. The molecule has 0 aliphatic carbocycles. The largest absolute Gasteiger partial charge is 0.355 e. The number of aromatic nitrogens is 3. The molecule has 14 heteroatoms. The van der Waals surface area contributed by atoms with E-state index in [2.05, 4.69) is 31.1 Å². The quantitative estimate of drug-likeness (QED) is 0.257. The Morgan fingerprint density at radius 2 is 1.70 bits per heavy atom. The lowest BCUT2D eigenvalue weighted by molar-refractivity contribution is -0.384. The molecule has 0 saturated carbocycles. The van der Waals surface area contributed by atoms with Gasteiger partial charge in [0.05, 0.1) is 26.5 Å². The van der Waals surface area contributed by atoms with Crippen LogP contribution in [0.3, 0.4) is 0 Å². The number of carbonyl (C=O) groups excluding carboxylic acids is 1. The van der Waals surface area contributed by atoms with Crippen LogP contribution in [0.4, 0.5) is 28.1 Å². The van der Waals surface area contributed by atoms with Crippen molar-refractivity contribution < 1.29 is 14.6 Å². The molecule has 13 nitrogen and oxygen atoms in total. The van der Waals surface area contributed by atoms with Gasteiger partial charge in [0.1, 0.15) is 6.33 Å². The second-order valence-corrected chi connectivity index (χ2v) is 7.59. The first-order chi connectivity index (χ1) is 15.9. The van der Waals surface area contributed by atoms with E-state index < -0.39 is 21.4 Å². The summed E-state index contributed by atoms with van der Waals surface area (Å²) in [5, 5.41) is 25.6. The highest BCUT2D eigenvalue weighted by Crippen LogP contribution is 2.33. The number of nitrogens with zero attached hydrogens (tertiary/aromatic N) is 5. The Kier molecular flexibility index (Phi) is 5.99. The Morgan fingerprint density at radius 1 is 0.970 bits per heavy atom. The average Bonchev–Trinajstić information content (AvgIpc) is 3.20. The molecule has 4 rings (SSSR count). The molecule has 3 N–H and O–H groups in total. The van der Waals surface area contributed by atoms with Gasteiger partial charge in [0.2, 0.25) is 17.5 Å².